The fraction of sp³-hybridized carbons (Fsp3) is 0.263. The molecule has 0 aliphatic heterocycles. The van der Waals surface area contributed by atoms with Gasteiger partial charge in [0.25, 0.3) is 0 Å². The number of carbonyl (C=O) groups excluding carboxylic acids is 2. The predicted molar refractivity (Wildman–Crippen MR) is 95.8 cm³/mol. The lowest BCUT2D eigenvalue weighted by Gasteiger charge is -2.12. The van der Waals surface area contributed by atoms with Crippen molar-refractivity contribution in [3.05, 3.63) is 70.7 Å². The average Bonchev–Trinajstić information content (AvgIpc) is 2.60. The average molecular weight is 345 g/mol. The van der Waals surface area contributed by atoms with E-state index in [4.69, 9.17) is 11.6 Å². The summed E-state index contributed by atoms with van der Waals surface area (Å²) < 4.78 is 0. The first-order valence-corrected chi connectivity index (χ1v) is 8.25. The number of amides is 2. The number of nitrogens with one attached hydrogen (secondary N) is 2. The Morgan fingerprint density at radius 3 is 2.29 bits per heavy atom. The summed E-state index contributed by atoms with van der Waals surface area (Å²) in [7, 11) is 0. The van der Waals surface area contributed by atoms with Crippen molar-refractivity contribution in [2.75, 3.05) is 6.54 Å². The summed E-state index contributed by atoms with van der Waals surface area (Å²) in [6.07, 6.45) is 0.356. The van der Waals surface area contributed by atoms with E-state index < -0.39 is 0 Å². The molecule has 0 radical (unpaired) electrons. The van der Waals surface area contributed by atoms with Crippen LogP contribution in [0.5, 0.6) is 0 Å². The third-order valence-corrected chi connectivity index (χ3v) is 3.96. The number of rotatable bonds is 7. The molecule has 1 atom stereocenters. The van der Waals surface area contributed by atoms with Gasteiger partial charge in [-0.15, -0.1) is 0 Å². The molecule has 24 heavy (non-hydrogen) atoms. The molecule has 126 valence electrons. The summed E-state index contributed by atoms with van der Waals surface area (Å²) in [6, 6.07) is 17.1. The topological polar surface area (TPSA) is 58.2 Å². The molecule has 1 unspecified atom stereocenters. The fourth-order valence-electron chi connectivity index (χ4n) is 2.29. The smallest absolute Gasteiger partial charge is 0.239 e. The van der Waals surface area contributed by atoms with Crippen LogP contribution < -0.4 is 10.6 Å². The molecular weight excluding hydrogens is 324 g/mol. The first kappa shape index (κ1) is 18.0. The van der Waals surface area contributed by atoms with E-state index in [0.29, 0.717) is 18.0 Å². The van der Waals surface area contributed by atoms with Crippen molar-refractivity contribution in [3.8, 4) is 0 Å². The number of halogens is 1. The zero-order chi connectivity index (χ0) is 17.4. The van der Waals surface area contributed by atoms with Gasteiger partial charge in [0.15, 0.2) is 0 Å². The summed E-state index contributed by atoms with van der Waals surface area (Å²) in [4.78, 5) is 23.7. The molecule has 2 rings (SSSR count). The Labute approximate surface area is 147 Å². The second-order valence-corrected chi connectivity index (χ2v) is 6.13. The quantitative estimate of drug-likeness (QED) is 0.810. The number of benzene rings is 2. The maximum Gasteiger partial charge on any atom is 0.239 e. The zero-order valence-corrected chi connectivity index (χ0v) is 14.3. The van der Waals surface area contributed by atoms with Crippen LogP contribution in [0.15, 0.2) is 54.6 Å². The monoisotopic (exact) mass is 344 g/mol. The number of carbonyl (C=O) groups is 2. The molecule has 5 heteroatoms. The molecule has 0 saturated carbocycles. The van der Waals surface area contributed by atoms with Gasteiger partial charge in [0, 0.05) is 18.0 Å². The number of hydrogen-bond acceptors (Lipinski definition) is 2. The van der Waals surface area contributed by atoms with Gasteiger partial charge >= 0.3 is 0 Å². The highest BCUT2D eigenvalue weighted by atomic mass is 35.5. The maximum atomic E-state index is 11.9. The molecular formula is C19H21ClN2O2. The third kappa shape index (κ3) is 6.05. The highest BCUT2D eigenvalue weighted by Crippen LogP contribution is 2.17. The molecule has 0 fully saturated rings. The lowest BCUT2D eigenvalue weighted by Crippen LogP contribution is -2.36. The molecule has 0 bridgehead atoms. The predicted octanol–water partition coefficient (Wildman–Crippen LogP) is 3.27. The minimum absolute atomic E-state index is 0.0199. The molecule has 0 saturated heterocycles. The molecule has 0 heterocycles. The van der Waals surface area contributed by atoms with Crippen molar-refractivity contribution in [1.82, 2.24) is 10.6 Å². The van der Waals surface area contributed by atoms with Crippen molar-refractivity contribution in [2.24, 2.45) is 0 Å². The fourth-order valence-corrected chi connectivity index (χ4v) is 2.42. The van der Waals surface area contributed by atoms with Gasteiger partial charge in [-0.05, 0) is 29.2 Å². The van der Waals surface area contributed by atoms with E-state index in [1.165, 1.54) is 0 Å². The summed E-state index contributed by atoms with van der Waals surface area (Å²) in [5, 5.41) is 6.08. The van der Waals surface area contributed by atoms with E-state index >= 15 is 0 Å². The molecule has 2 aromatic rings. The van der Waals surface area contributed by atoms with E-state index in [1.807, 2.05) is 49.4 Å². The van der Waals surface area contributed by atoms with E-state index in [2.05, 4.69) is 10.6 Å². The summed E-state index contributed by atoms with van der Waals surface area (Å²) in [5.74, 6) is -0.234. The van der Waals surface area contributed by atoms with E-state index in [9.17, 15) is 9.59 Å². The Kier molecular flexibility index (Phi) is 6.82. The van der Waals surface area contributed by atoms with Crippen LogP contribution in [-0.4, -0.2) is 18.4 Å². The first-order valence-electron chi connectivity index (χ1n) is 7.87. The van der Waals surface area contributed by atoms with Crippen molar-refractivity contribution in [2.45, 2.75) is 25.8 Å². The van der Waals surface area contributed by atoms with Gasteiger partial charge in [0.05, 0.1) is 6.54 Å². The van der Waals surface area contributed by atoms with E-state index in [-0.39, 0.29) is 24.3 Å². The van der Waals surface area contributed by atoms with Crippen molar-refractivity contribution >= 4 is 23.4 Å². The SMILES string of the molecule is CC(CC(=O)NCC(=O)NCc1ccc(Cl)cc1)c1ccccc1. The molecule has 0 spiro atoms. The van der Waals surface area contributed by atoms with Crippen LogP contribution >= 0.6 is 11.6 Å². The van der Waals surface area contributed by atoms with Gasteiger partial charge in [-0.25, -0.2) is 0 Å². The highest BCUT2D eigenvalue weighted by Gasteiger charge is 2.11. The zero-order valence-electron chi connectivity index (χ0n) is 13.6. The lowest BCUT2D eigenvalue weighted by atomic mass is 9.98. The second kappa shape index (κ2) is 9.08. The van der Waals surface area contributed by atoms with Crippen LogP contribution in [0.25, 0.3) is 0 Å². The van der Waals surface area contributed by atoms with Crippen molar-refractivity contribution < 1.29 is 9.59 Å². The highest BCUT2D eigenvalue weighted by molar-refractivity contribution is 6.30. The summed E-state index contributed by atoms with van der Waals surface area (Å²) in [6.45, 7) is 2.38. The van der Waals surface area contributed by atoms with Crippen LogP contribution in [0.2, 0.25) is 5.02 Å². The normalized spacial score (nSPS) is 11.6. The van der Waals surface area contributed by atoms with Crippen LogP contribution in [0.4, 0.5) is 0 Å². The van der Waals surface area contributed by atoms with Gasteiger partial charge < -0.3 is 10.6 Å². The third-order valence-electron chi connectivity index (χ3n) is 3.71. The van der Waals surface area contributed by atoms with Crippen molar-refractivity contribution in [1.29, 1.82) is 0 Å². The second-order valence-electron chi connectivity index (χ2n) is 5.70. The largest absolute Gasteiger partial charge is 0.350 e. The Morgan fingerprint density at radius 2 is 1.62 bits per heavy atom. The Hall–Kier alpha value is -2.33. The van der Waals surface area contributed by atoms with Crippen molar-refractivity contribution in [3.63, 3.8) is 0 Å². The molecule has 2 N–H and O–H groups in total. The Bertz CT molecular complexity index is 672. The minimum Gasteiger partial charge on any atom is -0.350 e. The molecule has 4 nitrogen and oxygen atoms in total. The van der Waals surface area contributed by atoms with Crippen LogP contribution in [0.1, 0.15) is 30.4 Å². The molecule has 0 aliphatic rings. The molecule has 0 aliphatic carbocycles. The van der Waals surface area contributed by atoms with Crippen LogP contribution in [0, 0.1) is 0 Å². The number of hydrogen-bond donors (Lipinski definition) is 2. The molecule has 0 aromatic heterocycles. The first-order chi connectivity index (χ1) is 11.5. The van der Waals surface area contributed by atoms with Gasteiger partial charge in [-0.3, -0.25) is 9.59 Å². The van der Waals surface area contributed by atoms with Crippen LogP contribution in [0.3, 0.4) is 0 Å². The standard InChI is InChI=1S/C19H21ClN2O2/c1-14(16-5-3-2-4-6-16)11-18(23)22-13-19(24)21-12-15-7-9-17(20)10-8-15/h2-10,14H,11-13H2,1H3,(H,21,24)(H,22,23). The van der Waals surface area contributed by atoms with Gasteiger partial charge in [0.2, 0.25) is 11.8 Å². The maximum absolute atomic E-state index is 11.9. The van der Waals surface area contributed by atoms with Gasteiger partial charge in [-0.1, -0.05) is 61.0 Å². The van der Waals surface area contributed by atoms with Gasteiger partial charge in [-0.2, -0.15) is 0 Å². The molecule has 2 amide bonds. The van der Waals surface area contributed by atoms with E-state index in [0.717, 1.165) is 11.1 Å². The van der Waals surface area contributed by atoms with Crippen LogP contribution in [-0.2, 0) is 16.1 Å². The van der Waals surface area contributed by atoms with E-state index in [1.54, 1.807) is 12.1 Å². The summed E-state index contributed by atoms with van der Waals surface area (Å²) in [5.41, 5.74) is 2.07. The summed E-state index contributed by atoms with van der Waals surface area (Å²) >= 11 is 5.81. The minimum atomic E-state index is -0.217. The lowest BCUT2D eigenvalue weighted by molar-refractivity contribution is -0.126. The molecule has 2 aromatic carbocycles. The Balaban J connectivity index is 1.69. The van der Waals surface area contributed by atoms with Gasteiger partial charge in [0.1, 0.15) is 0 Å². The Morgan fingerprint density at radius 1 is 0.958 bits per heavy atom.